The number of ether oxygens (including phenoxy) is 1. The molecule has 0 spiro atoms. The van der Waals surface area contributed by atoms with Crippen LogP contribution in [0, 0.1) is 25.7 Å². The van der Waals surface area contributed by atoms with E-state index in [-0.39, 0.29) is 24.2 Å². The fraction of sp³-hybridized carbons (Fsp3) is 0.500. The standard InChI is InChI=1S/C24H29N3O5/c1-14-23(15(2)32-26-14)24(30)27-9-7-16(12-22(28)29)18(13-27)11-21-20-5-4-19(31-3)10-17(20)6-8-25-21/h4-5,10,16,18H,6-9,11-13H2,1-3H3,(H,28,29). The monoisotopic (exact) mass is 439 g/mol. The molecule has 8 nitrogen and oxygen atoms in total. The van der Waals surface area contributed by atoms with E-state index in [9.17, 15) is 14.7 Å². The molecule has 2 aliphatic rings. The van der Waals surface area contributed by atoms with Crippen LogP contribution in [0.15, 0.2) is 27.7 Å². The van der Waals surface area contributed by atoms with Gasteiger partial charge in [0.2, 0.25) is 0 Å². The molecular weight excluding hydrogens is 410 g/mol. The van der Waals surface area contributed by atoms with Crippen LogP contribution in [0.4, 0.5) is 0 Å². The number of aromatic nitrogens is 1. The average molecular weight is 440 g/mol. The highest BCUT2D eigenvalue weighted by Gasteiger charge is 2.36. The largest absolute Gasteiger partial charge is 0.497 e. The predicted octanol–water partition coefficient (Wildman–Crippen LogP) is 3.29. The number of amides is 1. The Morgan fingerprint density at radius 1 is 1.28 bits per heavy atom. The van der Waals surface area contributed by atoms with E-state index in [1.165, 1.54) is 5.56 Å². The number of piperidine rings is 1. The molecule has 2 aromatic rings. The van der Waals surface area contributed by atoms with Crippen LogP contribution in [0.2, 0.25) is 0 Å². The number of hydrogen-bond acceptors (Lipinski definition) is 6. The average Bonchev–Trinajstić information content (AvgIpc) is 3.11. The van der Waals surface area contributed by atoms with Gasteiger partial charge in [-0.3, -0.25) is 14.6 Å². The zero-order valence-electron chi connectivity index (χ0n) is 18.8. The molecule has 2 aliphatic heterocycles. The lowest BCUT2D eigenvalue weighted by molar-refractivity contribution is -0.138. The first-order valence-corrected chi connectivity index (χ1v) is 11.0. The van der Waals surface area contributed by atoms with Gasteiger partial charge >= 0.3 is 5.97 Å². The lowest BCUT2D eigenvalue weighted by Crippen LogP contribution is -2.45. The van der Waals surface area contributed by atoms with Crippen molar-refractivity contribution in [3.05, 3.63) is 46.3 Å². The molecule has 2 unspecified atom stereocenters. The summed E-state index contributed by atoms with van der Waals surface area (Å²) in [6, 6.07) is 6.02. The molecular formula is C24H29N3O5. The summed E-state index contributed by atoms with van der Waals surface area (Å²) in [6.45, 7) is 5.22. The summed E-state index contributed by atoms with van der Waals surface area (Å²) in [5, 5.41) is 13.4. The van der Waals surface area contributed by atoms with Crippen LogP contribution in [0.1, 0.15) is 52.2 Å². The summed E-state index contributed by atoms with van der Waals surface area (Å²) < 4.78 is 10.5. The molecule has 1 saturated heterocycles. The number of fused-ring (bicyclic) bond motifs is 1. The minimum Gasteiger partial charge on any atom is -0.497 e. The van der Waals surface area contributed by atoms with E-state index in [0.717, 1.165) is 23.4 Å². The molecule has 8 heteroatoms. The van der Waals surface area contributed by atoms with Crippen LogP contribution in [-0.4, -0.2) is 59.5 Å². The fourth-order valence-electron chi connectivity index (χ4n) is 4.94. The van der Waals surface area contributed by atoms with Gasteiger partial charge in [-0.15, -0.1) is 0 Å². The van der Waals surface area contributed by atoms with Gasteiger partial charge in [0.15, 0.2) is 0 Å². The summed E-state index contributed by atoms with van der Waals surface area (Å²) >= 11 is 0. The van der Waals surface area contributed by atoms with E-state index in [0.29, 0.717) is 49.5 Å². The molecule has 1 aromatic carbocycles. The Bertz CT molecular complexity index is 1040. The molecule has 0 bridgehead atoms. The summed E-state index contributed by atoms with van der Waals surface area (Å²) in [6.07, 6.45) is 2.24. The number of aliphatic carboxylic acids is 1. The Morgan fingerprint density at radius 3 is 2.78 bits per heavy atom. The first-order chi connectivity index (χ1) is 15.4. The van der Waals surface area contributed by atoms with E-state index in [1.54, 1.807) is 21.0 Å². The maximum atomic E-state index is 13.2. The third-order valence-electron chi connectivity index (χ3n) is 6.63. The molecule has 1 aromatic heterocycles. The second-order valence-electron chi connectivity index (χ2n) is 8.66. The molecule has 170 valence electrons. The Kier molecular flexibility index (Phi) is 6.30. The van der Waals surface area contributed by atoms with E-state index in [1.807, 2.05) is 23.1 Å². The van der Waals surface area contributed by atoms with E-state index in [4.69, 9.17) is 14.3 Å². The number of aryl methyl sites for hydroxylation is 2. The number of hydrogen-bond donors (Lipinski definition) is 1. The van der Waals surface area contributed by atoms with Gasteiger partial charge in [-0.05, 0) is 74.3 Å². The number of nitrogens with zero attached hydrogens (tertiary/aromatic N) is 3. The van der Waals surface area contributed by atoms with Crippen molar-refractivity contribution < 1.29 is 24.0 Å². The van der Waals surface area contributed by atoms with Crippen LogP contribution in [0.25, 0.3) is 0 Å². The lowest BCUT2D eigenvalue weighted by Gasteiger charge is -2.38. The smallest absolute Gasteiger partial charge is 0.303 e. The zero-order chi connectivity index (χ0) is 22.8. The summed E-state index contributed by atoms with van der Waals surface area (Å²) in [5.41, 5.74) is 4.37. The van der Waals surface area contributed by atoms with Crippen molar-refractivity contribution >= 4 is 17.6 Å². The zero-order valence-corrected chi connectivity index (χ0v) is 18.8. The maximum Gasteiger partial charge on any atom is 0.303 e. The highest BCUT2D eigenvalue weighted by molar-refractivity contribution is 6.03. The Labute approximate surface area is 187 Å². The second kappa shape index (κ2) is 9.14. The molecule has 0 radical (unpaired) electrons. The molecule has 0 aliphatic carbocycles. The van der Waals surface area contributed by atoms with Gasteiger partial charge in [0.05, 0.1) is 12.8 Å². The van der Waals surface area contributed by atoms with Gasteiger partial charge in [-0.1, -0.05) is 5.16 Å². The Balaban J connectivity index is 1.57. The van der Waals surface area contributed by atoms with E-state index < -0.39 is 5.97 Å². The third-order valence-corrected chi connectivity index (χ3v) is 6.63. The number of carboxylic acids is 1. The molecule has 3 heterocycles. The number of benzene rings is 1. The van der Waals surface area contributed by atoms with Gasteiger partial charge in [0.1, 0.15) is 17.1 Å². The van der Waals surface area contributed by atoms with Crippen molar-refractivity contribution in [2.24, 2.45) is 16.8 Å². The van der Waals surface area contributed by atoms with Gasteiger partial charge in [-0.2, -0.15) is 0 Å². The topological polar surface area (TPSA) is 105 Å². The van der Waals surface area contributed by atoms with Crippen molar-refractivity contribution in [2.75, 3.05) is 26.7 Å². The maximum absolute atomic E-state index is 13.2. The number of rotatable bonds is 6. The Morgan fingerprint density at radius 2 is 2.09 bits per heavy atom. The van der Waals surface area contributed by atoms with Crippen LogP contribution < -0.4 is 4.74 Å². The summed E-state index contributed by atoms with van der Waals surface area (Å²) in [4.78, 5) is 31.3. The fourth-order valence-corrected chi connectivity index (χ4v) is 4.94. The number of likely N-dealkylation sites (tertiary alicyclic amines) is 1. The molecule has 32 heavy (non-hydrogen) atoms. The molecule has 1 fully saturated rings. The predicted molar refractivity (Wildman–Crippen MR) is 118 cm³/mol. The van der Waals surface area contributed by atoms with Crippen LogP contribution in [-0.2, 0) is 11.2 Å². The van der Waals surface area contributed by atoms with Crippen molar-refractivity contribution in [1.82, 2.24) is 10.1 Å². The quantitative estimate of drug-likeness (QED) is 0.741. The van der Waals surface area contributed by atoms with Crippen LogP contribution >= 0.6 is 0 Å². The number of aliphatic imine (C=N–C) groups is 1. The number of carbonyl (C=O) groups is 2. The highest BCUT2D eigenvalue weighted by atomic mass is 16.5. The van der Waals surface area contributed by atoms with Crippen molar-refractivity contribution in [3.63, 3.8) is 0 Å². The lowest BCUT2D eigenvalue weighted by atomic mass is 9.78. The SMILES string of the molecule is COc1ccc2c(c1)CCN=C2CC1CN(C(=O)c2c(C)noc2C)CCC1CC(=O)O. The third kappa shape index (κ3) is 4.40. The number of carboxylic acid groups (broad SMARTS) is 1. The summed E-state index contributed by atoms with van der Waals surface area (Å²) in [5.74, 6) is 0.430. The minimum atomic E-state index is -0.804. The molecule has 4 rings (SSSR count). The molecule has 2 atom stereocenters. The van der Waals surface area contributed by atoms with Gasteiger partial charge in [-0.25, -0.2) is 0 Å². The number of carbonyl (C=O) groups excluding carboxylic acids is 1. The van der Waals surface area contributed by atoms with Crippen molar-refractivity contribution in [3.8, 4) is 5.75 Å². The Hall–Kier alpha value is -3.16. The van der Waals surface area contributed by atoms with Crippen LogP contribution in [0.3, 0.4) is 0 Å². The van der Waals surface area contributed by atoms with Gasteiger partial charge in [0, 0.05) is 31.8 Å². The van der Waals surface area contributed by atoms with Gasteiger partial charge in [0.25, 0.3) is 5.91 Å². The summed E-state index contributed by atoms with van der Waals surface area (Å²) in [7, 11) is 1.66. The van der Waals surface area contributed by atoms with Crippen molar-refractivity contribution in [2.45, 2.75) is 39.5 Å². The van der Waals surface area contributed by atoms with E-state index in [2.05, 4.69) is 5.16 Å². The van der Waals surface area contributed by atoms with E-state index >= 15 is 0 Å². The molecule has 0 saturated carbocycles. The highest BCUT2D eigenvalue weighted by Crippen LogP contribution is 2.33. The van der Waals surface area contributed by atoms with Crippen molar-refractivity contribution in [1.29, 1.82) is 0 Å². The second-order valence-corrected chi connectivity index (χ2v) is 8.66. The minimum absolute atomic E-state index is 0.00690. The number of methoxy groups -OCH3 is 1. The first kappa shape index (κ1) is 22.0. The molecule has 1 amide bonds. The first-order valence-electron chi connectivity index (χ1n) is 11.0. The van der Waals surface area contributed by atoms with Gasteiger partial charge < -0.3 is 19.3 Å². The normalized spacial score (nSPS) is 20.5. The van der Waals surface area contributed by atoms with Crippen LogP contribution in [0.5, 0.6) is 5.75 Å². The molecule has 1 N–H and O–H groups in total.